The van der Waals surface area contributed by atoms with Gasteiger partial charge in [-0.1, -0.05) is 36.4 Å². The van der Waals surface area contributed by atoms with Gasteiger partial charge >= 0.3 is 0 Å². The molecule has 0 amide bonds. The van der Waals surface area contributed by atoms with Gasteiger partial charge in [-0.3, -0.25) is 9.59 Å². The Hall–Kier alpha value is -3.25. The van der Waals surface area contributed by atoms with Crippen molar-refractivity contribution in [2.45, 2.75) is 6.54 Å². The highest BCUT2D eigenvalue weighted by atomic mass is 32.1. The zero-order chi connectivity index (χ0) is 18.1. The molecular weight excluding hydrogens is 348 g/mol. The number of carbonyl (C=O) groups excluding carboxylic acids is 2. The van der Waals surface area contributed by atoms with Crippen molar-refractivity contribution in [2.24, 2.45) is 0 Å². The summed E-state index contributed by atoms with van der Waals surface area (Å²) >= 11 is 5.30. The van der Waals surface area contributed by atoms with Crippen molar-refractivity contribution in [1.29, 1.82) is 0 Å². The van der Waals surface area contributed by atoms with Crippen molar-refractivity contribution in [3.05, 3.63) is 88.9 Å². The second kappa shape index (κ2) is 6.57. The van der Waals surface area contributed by atoms with Crippen LogP contribution in [0.15, 0.2) is 65.3 Å². The van der Waals surface area contributed by atoms with Gasteiger partial charge in [0.25, 0.3) is 0 Å². The van der Waals surface area contributed by atoms with E-state index in [0.717, 1.165) is 5.76 Å². The number of rotatable bonds is 3. The fourth-order valence-corrected chi connectivity index (χ4v) is 3.18. The van der Waals surface area contributed by atoms with Gasteiger partial charge in [-0.2, -0.15) is 0 Å². The quantitative estimate of drug-likeness (QED) is 0.543. The minimum Gasteiger partial charge on any atom is -0.467 e. The standard InChI is InChI=1S/C20H14N2O3S/c23-18-13-6-1-2-7-14(13)19(24)17-15(18)8-3-9-16(17)22-20(26)21-11-12-5-4-10-25-12/h1-10H,11H2,(H2,21,22,26). The number of carbonyl (C=O) groups is 2. The first-order valence-corrected chi connectivity index (χ1v) is 8.44. The molecule has 0 unspecified atom stereocenters. The van der Waals surface area contributed by atoms with Crippen LogP contribution < -0.4 is 10.6 Å². The lowest BCUT2D eigenvalue weighted by molar-refractivity contribution is 0.0979. The van der Waals surface area contributed by atoms with E-state index in [1.165, 1.54) is 0 Å². The van der Waals surface area contributed by atoms with Crippen LogP contribution in [-0.2, 0) is 6.54 Å². The van der Waals surface area contributed by atoms with Crippen LogP contribution in [-0.4, -0.2) is 16.7 Å². The van der Waals surface area contributed by atoms with E-state index in [0.29, 0.717) is 39.6 Å². The molecule has 26 heavy (non-hydrogen) atoms. The van der Waals surface area contributed by atoms with E-state index in [1.54, 1.807) is 54.8 Å². The average molecular weight is 362 g/mol. The highest BCUT2D eigenvalue weighted by Gasteiger charge is 2.31. The lowest BCUT2D eigenvalue weighted by Gasteiger charge is -2.21. The van der Waals surface area contributed by atoms with Gasteiger partial charge in [0, 0.05) is 16.7 Å². The molecule has 0 bridgehead atoms. The maximum atomic E-state index is 12.9. The number of thiocarbonyl (C=S) groups is 1. The lowest BCUT2D eigenvalue weighted by Crippen LogP contribution is -2.30. The van der Waals surface area contributed by atoms with Crippen LogP contribution in [0.1, 0.15) is 37.6 Å². The molecular formula is C20H14N2O3S. The van der Waals surface area contributed by atoms with Gasteiger partial charge < -0.3 is 15.1 Å². The molecule has 0 saturated carbocycles. The van der Waals surface area contributed by atoms with Gasteiger partial charge in [-0.15, -0.1) is 0 Å². The summed E-state index contributed by atoms with van der Waals surface area (Å²) in [6.45, 7) is 0.420. The number of fused-ring (bicyclic) bond motifs is 2. The van der Waals surface area contributed by atoms with E-state index in [4.69, 9.17) is 16.6 Å². The molecule has 0 fully saturated rings. The molecule has 1 aliphatic carbocycles. The van der Waals surface area contributed by atoms with Crippen molar-refractivity contribution in [3.8, 4) is 0 Å². The van der Waals surface area contributed by atoms with Gasteiger partial charge in [0.05, 0.1) is 24.1 Å². The lowest BCUT2D eigenvalue weighted by atomic mass is 9.83. The van der Waals surface area contributed by atoms with Crippen molar-refractivity contribution in [2.75, 3.05) is 5.32 Å². The summed E-state index contributed by atoms with van der Waals surface area (Å²) in [4.78, 5) is 25.7. The molecule has 3 aromatic rings. The molecule has 0 atom stereocenters. The Morgan fingerprint density at radius 2 is 1.62 bits per heavy atom. The average Bonchev–Trinajstić information content (AvgIpc) is 3.18. The molecule has 6 heteroatoms. The zero-order valence-corrected chi connectivity index (χ0v) is 14.4. The first-order chi connectivity index (χ1) is 12.6. The van der Waals surface area contributed by atoms with Crippen LogP contribution in [0.4, 0.5) is 5.69 Å². The van der Waals surface area contributed by atoms with Crippen molar-refractivity contribution in [3.63, 3.8) is 0 Å². The van der Waals surface area contributed by atoms with Gasteiger partial charge in [-0.05, 0) is 30.4 Å². The SMILES string of the molecule is O=C1c2ccccc2C(=O)c2c(NC(=S)NCc3ccco3)cccc21. The zero-order valence-electron chi connectivity index (χ0n) is 13.6. The van der Waals surface area contributed by atoms with Gasteiger partial charge in [0.15, 0.2) is 16.7 Å². The van der Waals surface area contributed by atoms with Crippen molar-refractivity contribution >= 4 is 34.6 Å². The smallest absolute Gasteiger partial charge is 0.196 e. The molecule has 128 valence electrons. The molecule has 0 saturated heterocycles. The van der Waals surface area contributed by atoms with E-state index < -0.39 is 0 Å². The van der Waals surface area contributed by atoms with E-state index in [-0.39, 0.29) is 11.6 Å². The van der Waals surface area contributed by atoms with Crippen LogP contribution in [0.3, 0.4) is 0 Å². The third kappa shape index (κ3) is 2.80. The Balaban J connectivity index is 1.62. The van der Waals surface area contributed by atoms with Crippen molar-refractivity contribution in [1.82, 2.24) is 5.32 Å². The summed E-state index contributed by atoms with van der Waals surface area (Å²) in [6, 6.07) is 15.6. The van der Waals surface area contributed by atoms with E-state index >= 15 is 0 Å². The summed E-state index contributed by atoms with van der Waals surface area (Å²) in [6.07, 6.45) is 1.59. The fraction of sp³-hybridized carbons (Fsp3) is 0.0500. The Kier molecular flexibility index (Phi) is 4.10. The molecule has 0 radical (unpaired) electrons. The van der Waals surface area contributed by atoms with Gasteiger partial charge in [-0.25, -0.2) is 0 Å². The summed E-state index contributed by atoms with van der Waals surface area (Å²) in [5.41, 5.74) is 2.08. The highest BCUT2D eigenvalue weighted by Crippen LogP contribution is 2.31. The number of furan rings is 1. The summed E-state index contributed by atoms with van der Waals surface area (Å²) in [7, 11) is 0. The van der Waals surface area contributed by atoms with Crippen LogP contribution in [0, 0.1) is 0 Å². The summed E-state index contributed by atoms with van der Waals surface area (Å²) in [5.74, 6) is 0.393. The minimum atomic E-state index is -0.188. The maximum absolute atomic E-state index is 12.9. The Bertz CT molecular complexity index is 1030. The molecule has 0 spiro atoms. The third-order valence-corrected chi connectivity index (χ3v) is 4.45. The predicted octanol–water partition coefficient (Wildman–Crippen LogP) is 3.54. The number of ketones is 2. The summed E-state index contributed by atoms with van der Waals surface area (Å²) in [5, 5.41) is 6.38. The second-order valence-corrected chi connectivity index (χ2v) is 6.23. The molecule has 0 aliphatic heterocycles. The van der Waals surface area contributed by atoms with E-state index in [1.807, 2.05) is 6.07 Å². The minimum absolute atomic E-state index is 0.159. The molecule has 1 heterocycles. The molecule has 1 aromatic heterocycles. The summed E-state index contributed by atoms with van der Waals surface area (Å²) < 4.78 is 5.25. The third-order valence-electron chi connectivity index (χ3n) is 4.20. The Labute approximate surface area is 155 Å². The topological polar surface area (TPSA) is 71.3 Å². The Morgan fingerprint density at radius 3 is 2.35 bits per heavy atom. The molecule has 1 aliphatic rings. The normalized spacial score (nSPS) is 12.3. The van der Waals surface area contributed by atoms with Gasteiger partial charge in [0.2, 0.25) is 0 Å². The molecule has 2 aromatic carbocycles. The molecule has 5 nitrogen and oxygen atoms in total. The number of hydrogen-bond donors (Lipinski definition) is 2. The largest absolute Gasteiger partial charge is 0.467 e. The van der Waals surface area contributed by atoms with Crippen LogP contribution >= 0.6 is 12.2 Å². The van der Waals surface area contributed by atoms with E-state index in [2.05, 4.69) is 10.6 Å². The monoisotopic (exact) mass is 362 g/mol. The van der Waals surface area contributed by atoms with E-state index in [9.17, 15) is 9.59 Å². The first kappa shape index (κ1) is 16.2. The highest BCUT2D eigenvalue weighted by molar-refractivity contribution is 7.80. The number of benzene rings is 2. The predicted molar refractivity (Wildman–Crippen MR) is 102 cm³/mol. The first-order valence-electron chi connectivity index (χ1n) is 8.04. The number of nitrogens with one attached hydrogen (secondary N) is 2. The fourth-order valence-electron chi connectivity index (χ4n) is 3.00. The number of hydrogen-bond acceptors (Lipinski definition) is 4. The maximum Gasteiger partial charge on any atom is 0.196 e. The Morgan fingerprint density at radius 1 is 0.885 bits per heavy atom. The van der Waals surface area contributed by atoms with Crippen LogP contribution in [0.2, 0.25) is 0 Å². The second-order valence-electron chi connectivity index (χ2n) is 5.82. The van der Waals surface area contributed by atoms with Crippen molar-refractivity contribution < 1.29 is 14.0 Å². The van der Waals surface area contributed by atoms with Crippen LogP contribution in [0.5, 0.6) is 0 Å². The number of anilines is 1. The molecule has 2 N–H and O–H groups in total. The molecule has 4 rings (SSSR count). The van der Waals surface area contributed by atoms with Crippen LogP contribution in [0.25, 0.3) is 0 Å². The van der Waals surface area contributed by atoms with Gasteiger partial charge in [0.1, 0.15) is 5.76 Å².